The van der Waals surface area contributed by atoms with E-state index in [9.17, 15) is 4.39 Å². The Bertz CT molecular complexity index is 624. The quantitative estimate of drug-likeness (QED) is 0.895. The van der Waals surface area contributed by atoms with Gasteiger partial charge < -0.3 is 10.2 Å². The average molecular weight is 259 g/mol. The van der Waals surface area contributed by atoms with Crippen molar-refractivity contribution >= 4 is 10.9 Å². The van der Waals surface area contributed by atoms with Crippen LogP contribution in [0.5, 0.6) is 0 Å². The first-order valence-corrected chi connectivity index (χ1v) is 6.62. The molecular weight excluding hydrogens is 241 g/mol. The van der Waals surface area contributed by atoms with Gasteiger partial charge in [0.05, 0.1) is 5.52 Å². The van der Waals surface area contributed by atoms with Crippen LogP contribution in [0.25, 0.3) is 10.9 Å². The molecule has 0 bridgehead atoms. The molecule has 0 unspecified atom stereocenters. The number of pyridine rings is 1. The van der Waals surface area contributed by atoms with Gasteiger partial charge in [0.2, 0.25) is 0 Å². The van der Waals surface area contributed by atoms with E-state index in [2.05, 4.69) is 17.3 Å². The molecule has 0 fully saturated rings. The minimum atomic E-state index is -0.198. The third-order valence-corrected chi connectivity index (χ3v) is 3.76. The number of nitrogens with one attached hydrogen (secondary N) is 1. The molecule has 1 aromatic heterocycles. The van der Waals surface area contributed by atoms with Crippen molar-refractivity contribution < 1.29 is 4.39 Å². The summed E-state index contributed by atoms with van der Waals surface area (Å²) in [6.07, 6.45) is 0.968. The lowest BCUT2D eigenvalue weighted by atomic mass is 9.96. The Morgan fingerprint density at radius 1 is 1.42 bits per heavy atom. The van der Waals surface area contributed by atoms with Gasteiger partial charge in [-0.05, 0) is 43.4 Å². The Morgan fingerprint density at radius 3 is 3.05 bits per heavy atom. The van der Waals surface area contributed by atoms with Crippen molar-refractivity contribution in [2.75, 3.05) is 20.6 Å². The van der Waals surface area contributed by atoms with Crippen LogP contribution in [-0.2, 0) is 19.5 Å². The lowest BCUT2D eigenvalue weighted by molar-refractivity contribution is 0.309. The van der Waals surface area contributed by atoms with E-state index in [-0.39, 0.29) is 5.82 Å². The number of hydrogen-bond acceptors (Lipinski definition) is 3. The molecule has 0 spiro atoms. The molecule has 0 aliphatic carbocycles. The van der Waals surface area contributed by atoms with Gasteiger partial charge in [-0.15, -0.1) is 0 Å². The maximum Gasteiger partial charge on any atom is 0.123 e. The molecule has 19 heavy (non-hydrogen) atoms. The molecular formula is C15H18FN3. The zero-order valence-electron chi connectivity index (χ0n) is 11.3. The summed E-state index contributed by atoms with van der Waals surface area (Å²) >= 11 is 0. The first-order valence-electron chi connectivity index (χ1n) is 6.62. The van der Waals surface area contributed by atoms with Crippen molar-refractivity contribution in [1.82, 2.24) is 15.2 Å². The summed E-state index contributed by atoms with van der Waals surface area (Å²) < 4.78 is 13.5. The summed E-state index contributed by atoms with van der Waals surface area (Å²) in [4.78, 5) is 7.00. The average Bonchev–Trinajstić information content (AvgIpc) is 2.40. The highest BCUT2D eigenvalue weighted by Crippen LogP contribution is 2.28. The van der Waals surface area contributed by atoms with Crippen molar-refractivity contribution in [2.45, 2.75) is 19.5 Å². The third-order valence-electron chi connectivity index (χ3n) is 3.76. The van der Waals surface area contributed by atoms with Crippen molar-refractivity contribution in [2.24, 2.45) is 0 Å². The fourth-order valence-corrected chi connectivity index (χ4v) is 2.81. The van der Waals surface area contributed by atoms with E-state index < -0.39 is 0 Å². The Kier molecular flexibility index (Phi) is 3.21. The second kappa shape index (κ2) is 4.87. The fraction of sp³-hybridized carbons (Fsp3) is 0.400. The molecule has 1 aromatic carbocycles. The minimum absolute atomic E-state index is 0.198. The second-order valence-corrected chi connectivity index (χ2v) is 5.20. The largest absolute Gasteiger partial charge is 0.316 e. The summed E-state index contributed by atoms with van der Waals surface area (Å²) in [6.45, 7) is 2.68. The van der Waals surface area contributed by atoms with Gasteiger partial charge in [-0.25, -0.2) is 4.39 Å². The lowest BCUT2D eigenvalue weighted by Crippen LogP contribution is -2.29. The Labute approximate surface area is 112 Å². The molecule has 4 heteroatoms. The van der Waals surface area contributed by atoms with Gasteiger partial charge in [-0.1, -0.05) is 0 Å². The molecule has 100 valence electrons. The smallest absolute Gasteiger partial charge is 0.123 e. The molecule has 3 nitrogen and oxygen atoms in total. The van der Waals surface area contributed by atoms with Crippen LogP contribution in [0.15, 0.2) is 18.2 Å². The SMILES string of the molecule is CNCc1c2c(nc3ccc(F)cc13)CCN(C)C2. The number of aromatic nitrogens is 1. The number of likely N-dealkylation sites (N-methyl/N-ethyl adjacent to an activating group) is 1. The molecule has 0 radical (unpaired) electrons. The number of benzene rings is 1. The van der Waals surface area contributed by atoms with E-state index in [0.29, 0.717) is 0 Å². The first kappa shape index (κ1) is 12.5. The lowest BCUT2D eigenvalue weighted by Gasteiger charge is -2.27. The van der Waals surface area contributed by atoms with E-state index in [1.54, 1.807) is 12.1 Å². The number of nitrogens with zero attached hydrogens (tertiary/aromatic N) is 2. The van der Waals surface area contributed by atoms with Crippen LogP contribution in [0.2, 0.25) is 0 Å². The highest BCUT2D eigenvalue weighted by molar-refractivity contribution is 5.84. The summed E-state index contributed by atoms with van der Waals surface area (Å²) in [5.41, 5.74) is 4.52. The third kappa shape index (κ3) is 2.22. The zero-order chi connectivity index (χ0) is 13.4. The number of halogens is 1. The van der Waals surface area contributed by atoms with Crippen molar-refractivity contribution in [1.29, 1.82) is 0 Å². The summed E-state index contributed by atoms with van der Waals surface area (Å²) in [6, 6.07) is 4.87. The van der Waals surface area contributed by atoms with E-state index in [1.165, 1.54) is 22.9 Å². The van der Waals surface area contributed by atoms with E-state index in [4.69, 9.17) is 4.98 Å². The van der Waals surface area contributed by atoms with E-state index in [1.807, 2.05) is 7.05 Å². The van der Waals surface area contributed by atoms with Gasteiger partial charge in [0.1, 0.15) is 5.82 Å². The Morgan fingerprint density at radius 2 is 2.26 bits per heavy atom. The molecule has 2 aromatic rings. The maximum atomic E-state index is 13.5. The van der Waals surface area contributed by atoms with Crippen molar-refractivity contribution in [3.8, 4) is 0 Å². The summed E-state index contributed by atoms with van der Waals surface area (Å²) in [7, 11) is 4.03. The van der Waals surface area contributed by atoms with Gasteiger partial charge in [0.15, 0.2) is 0 Å². The molecule has 1 N–H and O–H groups in total. The minimum Gasteiger partial charge on any atom is -0.316 e. The van der Waals surface area contributed by atoms with E-state index >= 15 is 0 Å². The predicted octanol–water partition coefficient (Wildman–Crippen LogP) is 2.08. The van der Waals surface area contributed by atoms with Crippen LogP contribution >= 0.6 is 0 Å². The fourth-order valence-electron chi connectivity index (χ4n) is 2.81. The topological polar surface area (TPSA) is 28.2 Å². The van der Waals surface area contributed by atoms with Crippen LogP contribution in [0.4, 0.5) is 4.39 Å². The number of fused-ring (bicyclic) bond motifs is 2. The molecule has 2 heterocycles. The van der Waals surface area contributed by atoms with Crippen LogP contribution < -0.4 is 5.32 Å². The number of rotatable bonds is 2. The standard InChI is InChI=1S/C15H18FN3/c1-17-8-12-11-7-10(16)3-4-14(11)18-15-5-6-19(2)9-13(12)15/h3-4,7,17H,5-6,8-9H2,1-2H3. The molecule has 1 aliphatic heterocycles. The molecule has 1 aliphatic rings. The van der Waals surface area contributed by atoms with Crippen LogP contribution in [0.1, 0.15) is 16.8 Å². The Balaban J connectivity index is 2.27. The number of hydrogen-bond donors (Lipinski definition) is 1. The first-order chi connectivity index (χ1) is 9.19. The van der Waals surface area contributed by atoms with Gasteiger partial charge in [0, 0.05) is 37.1 Å². The van der Waals surface area contributed by atoms with Gasteiger partial charge in [-0.2, -0.15) is 0 Å². The molecule has 0 saturated heterocycles. The van der Waals surface area contributed by atoms with Crippen LogP contribution in [0.3, 0.4) is 0 Å². The molecule has 0 atom stereocenters. The monoisotopic (exact) mass is 259 g/mol. The zero-order valence-corrected chi connectivity index (χ0v) is 11.3. The van der Waals surface area contributed by atoms with Crippen LogP contribution in [-0.4, -0.2) is 30.5 Å². The maximum absolute atomic E-state index is 13.5. The van der Waals surface area contributed by atoms with Gasteiger partial charge >= 0.3 is 0 Å². The predicted molar refractivity (Wildman–Crippen MR) is 74.5 cm³/mol. The highest BCUT2D eigenvalue weighted by Gasteiger charge is 2.20. The van der Waals surface area contributed by atoms with Crippen molar-refractivity contribution in [3.05, 3.63) is 40.8 Å². The Hall–Kier alpha value is -1.52. The van der Waals surface area contributed by atoms with Gasteiger partial charge in [0.25, 0.3) is 0 Å². The molecule has 3 rings (SSSR count). The van der Waals surface area contributed by atoms with Crippen LogP contribution in [0, 0.1) is 5.82 Å². The van der Waals surface area contributed by atoms with E-state index in [0.717, 1.165) is 37.0 Å². The summed E-state index contributed by atoms with van der Waals surface area (Å²) in [5.74, 6) is -0.198. The van der Waals surface area contributed by atoms with Gasteiger partial charge in [-0.3, -0.25) is 4.98 Å². The highest BCUT2D eigenvalue weighted by atomic mass is 19.1. The van der Waals surface area contributed by atoms with Crippen molar-refractivity contribution in [3.63, 3.8) is 0 Å². The molecule has 0 amide bonds. The summed E-state index contributed by atoms with van der Waals surface area (Å²) in [5, 5.41) is 4.13. The normalized spacial score (nSPS) is 15.7. The molecule has 0 saturated carbocycles. The second-order valence-electron chi connectivity index (χ2n) is 5.20.